The normalized spacial score (nSPS) is 17.1. The number of rotatable bonds is 6. The third kappa shape index (κ3) is 5.87. The van der Waals surface area contributed by atoms with E-state index in [1.54, 1.807) is 0 Å². The van der Waals surface area contributed by atoms with E-state index in [2.05, 4.69) is 153 Å². The number of hydrogen-bond acceptors (Lipinski definition) is 7. The van der Waals surface area contributed by atoms with E-state index in [4.69, 9.17) is 28.7 Å². The molecule has 0 aromatic heterocycles. The maximum Gasteiger partial charge on any atom is 0.298 e. The first kappa shape index (κ1) is 34.1. The third-order valence-corrected chi connectivity index (χ3v) is 13.8. The first-order chi connectivity index (χ1) is 26.0. The first-order valence-corrected chi connectivity index (χ1v) is 26.6. The Hall–Kier alpha value is -5.69. The van der Waals surface area contributed by atoms with Crippen molar-refractivity contribution in [2.75, 3.05) is 4.90 Å². The van der Waals surface area contributed by atoms with Crippen molar-refractivity contribution in [2.24, 2.45) is 23.3 Å². The van der Waals surface area contributed by atoms with Gasteiger partial charge in [0.1, 0.15) is 0 Å². The molecule has 0 saturated heterocycles. The van der Waals surface area contributed by atoms with Gasteiger partial charge in [-0.15, -0.1) is 0 Å². The van der Waals surface area contributed by atoms with E-state index in [0.717, 1.165) is 60.8 Å². The minimum atomic E-state index is -2.40. The lowest BCUT2D eigenvalue weighted by molar-refractivity contribution is 1.16. The van der Waals surface area contributed by atoms with Gasteiger partial charge >= 0.3 is 0 Å². The summed E-state index contributed by atoms with van der Waals surface area (Å²) in [6, 6.07) is 38.9. The molecule has 9 rings (SSSR count). The second-order valence-electron chi connectivity index (χ2n) is 15.3. The smallest absolute Gasteiger partial charge is 0.298 e. The van der Waals surface area contributed by atoms with Gasteiger partial charge in [0.15, 0.2) is 8.96 Å². The van der Waals surface area contributed by atoms with Crippen LogP contribution in [-0.4, -0.2) is 37.2 Å². The Kier molecular flexibility index (Phi) is 8.03. The van der Waals surface area contributed by atoms with Gasteiger partial charge < -0.3 is 9.56 Å². The molecule has 0 bridgehead atoms. The summed E-state index contributed by atoms with van der Waals surface area (Å²) in [6.45, 7) is 13.1. The van der Waals surface area contributed by atoms with Crippen LogP contribution < -0.4 is 26.3 Å². The Labute approximate surface area is 318 Å². The van der Waals surface area contributed by atoms with Crippen LogP contribution in [0, 0.1) is 5.41 Å². The molecule has 1 radical (unpaired) electrons. The topological polar surface area (TPSA) is 88.9 Å². The zero-order chi connectivity index (χ0) is 37.4. The molecule has 7 nitrogen and oxygen atoms in total. The SMILES string of the molecule is C[Si](C)/N=C1\C(=N)C=CC=C1N(c1ccc(-c2ccccc2)c2c1=N[Si](C)(C)N=2)c1ccc(-c2ccc3ccc4ccccc4c3c2)c2c1=N[Si](C)(C)N=2. The largest absolute Gasteiger partial charge is 0.319 e. The molecule has 3 aliphatic rings. The predicted molar refractivity (Wildman–Crippen MR) is 230 cm³/mol. The van der Waals surface area contributed by atoms with Gasteiger partial charge in [-0.1, -0.05) is 110 Å². The van der Waals surface area contributed by atoms with Crippen LogP contribution in [0.5, 0.6) is 0 Å². The number of benzene rings is 6. The van der Waals surface area contributed by atoms with Gasteiger partial charge in [-0.25, -0.2) is 0 Å². The fraction of sp³-hybridized carbons (Fsp3) is 0.136. The summed E-state index contributed by atoms with van der Waals surface area (Å²) in [5.74, 6) is 0. The van der Waals surface area contributed by atoms with E-state index in [1.165, 1.54) is 21.5 Å². The number of nitrogens with zero attached hydrogens (tertiary/aromatic N) is 6. The summed E-state index contributed by atoms with van der Waals surface area (Å²) in [5, 5.41) is 17.6. The highest BCUT2D eigenvalue weighted by Crippen LogP contribution is 2.33. The van der Waals surface area contributed by atoms with Gasteiger partial charge in [0.05, 0.1) is 49.9 Å². The molecular formula is C44H40N7Si3. The van der Waals surface area contributed by atoms with E-state index < -0.39 is 25.8 Å². The Bertz CT molecular complexity index is 2950. The number of hydrogen-bond donors (Lipinski definition) is 1. The molecule has 0 unspecified atom stereocenters. The van der Waals surface area contributed by atoms with Crippen LogP contribution in [0.2, 0.25) is 39.3 Å². The highest BCUT2D eigenvalue weighted by Gasteiger charge is 2.33. The lowest BCUT2D eigenvalue weighted by Gasteiger charge is -2.30. The average molecular weight is 751 g/mol. The third-order valence-electron chi connectivity index (χ3n) is 10.0. The van der Waals surface area contributed by atoms with Crippen molar-refractivity contribution in [2.45, 2.75) is 39.3 Å². The standard InChI is InChI=1S/C44H40N7Si3/c1-52(2)46-42-36(45)17-12-18-37(42)51(38-25-23-33(28-13-8-7-9-14-28)40-43(38)49-53(3,4)47-40)39-26-24-34(41-44(39)50-54(5,6)48-41)31-22-21-30-20-19-29-15-10-11-16-32(29)35(30)27-31/h7-27,45H,1-6H3/b45-36?,46-42+. The van der Waals surface area contributed by atoms with Crippen molar-refractivity contribution in [1.29, 1.82) is 5.41 Å². The number of anilines is 2. The zero-order valence-corrected chi connectivity index (χ0v) is 34.3. The number of fused-ring (bicyclic) bond motifs is 5. The van der Waals surface area contributed by atoms with E-state index in [9.17, 15) is 0 Å². The van der Waals surface area contributed by atoms with E-state index in [1.807, 2.05) is 18.2 Å². The molecule has 10 heteroatoms. The summed E-state index contributed by atoms with van der Waals surface area (Å²) in [5.41, 5.74) is 8.07. The lowest BCUT2D eigenvalue weighted by atomic mass is 9.96. The highest BCUT2D eigenvalue weighted by atomic mass is 28.3. The van der Waals surface area contributed by atoms with Crippen molar-refractivity contribution in [1.82, 2.24) is 0 Å². The minimum Gasteiger partial charge on any atom is -0.319 e. The van der Waals surface area contributed by atoms with Crippen LogP contribution in [0.25, 0.3) is 43.8 Å². The number of nitrogens with one attached hydrogen (secondary N) is 1. The highest BCUT2D eigenvalue weighted by molar-refractivity contribution is 6.74. The average Bonchev–Trinajstić information content (AvgIpc) is 3.67. The van der Waals surface area contributed by atoms with E-state index in [0.29, 0.717) is 11.4 Å². The zero-order valence-electron chi connectivity index (χ0n) is 31.3. The van der Waals surface area contributed by atoms with Gasteiger partial charge in [-0.3, -0.25) is 24.0 Å². The van der Waals surface area contributed by atoms with Crippen molar-refractivity contribution in [3.8, 4) is 22.3 Å². The Morgan fingerprint density at radius 2 is 1.15 bits per heavy atom. The van der Waals surface area contributed by atoms with Crippen LogP contribution in [0.15, 0.2) is 156 Å². The summed E-state index contributed by atoms with van der Waals surface area (Å²) in [7, 11) is -5.84. The first-order valence-electron chi connectivity index (χ1n) is 18.4. The maximum absolute atomic E-state index is 9.10. The molecule has 6 aromatic rings. The van der Waals surface area contributed by atoms with Gasteiger partial charge in [-0.2, -0.15) is 0 Å². The second-order valence-corrected chi connectivity index (χ2v) is 24.2. The molecule has 54 heavy (non-hydrogen) atoms. The van der Waals surface area contributed by atoms with E-state index >= 15 is 0 Å². The molecule has 0 spiro atoms. The van der Waals surface area contributed by atoms with Crippen LogP contribution in [0.4, 0.5) is 11.4 Å². The monoisotopic (exact) mass is 750 g/mol. The van der Waals surface area contributed by atoms with Gasteiger partial charge in [0.2, 0.25) is 0 Å². The van der Waals surface area contributed by atoms with E-state index in [-0.39, 0.29) is 0 Å². The summed E-state index contributed by atoms with van der Waals surface area (Å²) >= 11 is 0. The molecule has 6 aromatic carbocycles. The summed E-state index contributed by atoms with van der Waals surface area (Å²) in [4.78, 5) is 2.25. The van der Waals surface area contributed by atoms with Crippen molar-refractivity contribution < 1.29 is 0 Å². The summed E-state index contributed by atoms with van der Waals surface area (Å²) in [6.07, 6.45) is 5.86. The molecule has 2 aliphatic heterocycles. The van der Waals surface area contributed by atoms with Gasteiger partial charge in [0, 0.05) is 11.1 Å². The minimum absolute atomic E-state index is 0.394. The fourth-order valence-electron chi connectivity index (χ4n) is 7.79. The molecule has 0 amide bonds. The van der Waals surface area contributed by atoms with Crippen LogP contribution in [0.3, 0.4) is 0 Å². The second kappa shape index (κ2) is 12.7. The Balaban J connectivity index is 1.33. The predicted octanol–water partition coefficient (Wildman–Crippen LogP) is 8.54. The molecule has 2 heterocycles. The van der Waals surface area contributed by atoms with Crippen LogP contribution in [-0.2, 0) is 0 Å². The van der Waals surface area contributed by atoms with Gasteiger partial charge in [-0.05, 0) is 89.2 Å². The Morgan fingerprint density at radius 1 is 0.593 bits per heavy atom. The molecule has 0 fully saturated rings. The van der Waals surface area contributed by atoms with Gasteiger partial charge in [0.25, 0.3) is 16.8 Å². The van der Waals surface area contributed by atoms with Crippen molar-refractivity contribution >= 4 is 70.1 Å². The van der Waals surface area contributed by atoms with Crippen molar-refractivity contribution in [3.05, 3.63) is 155 Å². The Morgan fingerprint density at radius 3 is 1.80 bits per heavy atom. The number of allylic oxidation sites excluding steroid dienone is 4. The molecule has 263 valence electrons. The molecular weight excluding hydrogens is 711 g/mol. The fourth-order valence-corrected chi connectivity index (χ4v) is 11.7. The molecule has 0 atom stereocenters. The van der Waals surface area contributed by atoms with Crippen molar-refractivity contribution in [3.63, 3.8) is 0 Å². The quantitative estimate of drug-likeness (QED) is 0.103. The van der Waals surface area contributed by atoms with Crippen LogP contribution in [0.1, 0.15) is 0 Å². The molecule has 1 N–H and O–H groups in total. The molecule has 0 saturated carbocycles. The lowest BCUT2D eigenvalue weighted by Crippen LogP contribution is -2.40. The van der Waals surface area contributed by atoms with Crippen LogP contribution >= 0.6 is 0 Å². The molecule has 1 aliphatic carbocycles. The maximum atomic E-state index is 9.10. The summed E-state index contributed by atoms with van der Waals surface area (Å²) < 4.78 is 26.8.